The fourth-order valence-corrected chi connectivity index (χ4v) is 4.01. The Hall–Kier alpha value is -3.76. The number of nitrogens with one attached hydrogen (secondary N) is 1. The number of hydrogen-bond acceptors (Lipinski definition) is 8. The van der Waals surface area contributed by atoms with Crippen LogP contribution in [0.5, 0.6) is 11.7 Å². The van der Waals surface area contributed by atoms with Crippen LogP contribution in [0.2, 0.25) is 5.02 Å². The van der Waals surface area contributed by atoms with Crippen molar-refractivity contribution in [2.75, 3.05) is 5.32 Å². The molecule has 2 N–H and O–H groups in total. The third-order valence-electron chi connectivity index (χ3n) is 4.77. The molecule has 0 unspecified atom stereocenters. The molecule has 0 aliphatic rings. The average Bonchev–Trinajstić information content (AvgIpc) is 3.41. The van der Waals surface area contributed by atoms with E-state index in [1.54, 1.807) is 23.7 Å². The van der Waals surface area contributed by atoms with Gasteiger partial charge in [-0.3, -0.25) is 4.98 Å². The van der Waals surface area contributed by atoms with Crippen LogP contribution in [0.3, 0.4) is 0 Å². The van der Waals surface area contributed by atoms with Gasteiger partial charge in [0.1, 0.15) is 17.1 Å². The van der Waals surface area contributed by atoms with Gasteiger partial charge in [-0.15, -0.1) is 11.3 Å². The van der Waals surface area contributed by atoms with Crippen LogP contribution < -0.4 is 15.1 Å². The lowest BCUT2D eigenvalue weighted by atomic mass is 10.1. The second-order valence-corrected chi connectivity index (χ2v) is 8.02. The number of anilines is 1. The summed E-state index contributed by atoms with van der Waals surface area (Å²) in [5, 5.41) is 32.5. The van der Waals surface area contributed by atoms with Gasteiger partial charge in [-0.1, -0.05) is 29.8 Å². The van der Waals surface area contributed by atoms with Gasteiger partial charge >= 0.3 is 0 Å². The van der Waals surface area contributed by atoms with Crippen molar-refractivity contribution in [3.63, 3.8) is 0 Å². The Balaban J connectivity index is 1.41. The zero-order valence-electron chi connectivity index (χ0n) is 16.1. The number of thiazole rings is 1. The SMILES string of the molecule is [O-]c1on[n+](-c2ccc(Cl)c(F)c2)c1-c1csc(NCc2ccc3cccnc3c2O)n1. The molecule has 3 heterocycles. The molecule has 0 aliphatic heterocycles. The topological polar surface area (TPSA) is 111 Å². The molecule has 8 nitrogen and oxygen atoms in total. The van der Waals surface area contributed by atoms with Crippen molar-refractivity contribution in [3.8, 4) is 28.8 Å². The minimum Gasteiger partial charge on any atom is -0.539 e. The van der Waals surface area contributed by atoms with E-state index in [1.165, 1.54) is 28.2 Å². The fraction of sp³-hybridized carbons (Fsp3) is 0.0476. The first-order valence-corrected chi connectivity index (χ1v) is 10.6. The molecule has 5 rings (SSSR count). The van der Waals surface area contributed by atoms with Gasteiger partial charge in [-0.2, -0.15) is 0 Å². The average molecular weight is 470 g/mol. The zero-order valence-corrected chi connectivity index (χ0v) is 17.7. The fourth-order valence-electron chi connectivity index (χ4n) is 3.20. The first kappa shape index (κ1) is 20.2. The number of aromatic hydroxyl groups is 1. The number of aromatic nitrogens is 4. The molecular formula is C21H13ClFN5O3S. The standard InChI is InChI=1S/C21H13ClFN5O3S/c22-14-6-5-13(8-15(14)23)28-18(20(30)31-27-28)16-10-32-21(26-16)25-9-12-4-3-11-2-1-7-24-17(11)19(12)29/h1-8,10H,9H2,(H2-,25,26,27,29,30). The van der Waals surface area contributed by atoms with Gasteiger partial charge in [0.15, 0.2) is 16.8 Å². The first-order valence-electron chi connectivity index (χ1n) is 9.31. The van der Waals surface area contributed by atoms with Crippen LogP contribution in [0.25, 0.3) is 28.0 Å². The van der Waals surface area contributed by atoms with Gasteiger partial charge in [-0.05, 0) is 16.8 Å². The van der Waals surface area contributed by atoms with Crippen molar-refractivity contribution in [1.82, 2.24) is 15.2 Å². The Labute approximate surface area is 189 Å². The van der Waals surface area contributed by atoms with E-state index in [9.17, 15) is 14.6 Å². The van der Waals surface area contributed by atoms with Crippen LogP contribution in [-0.2, 0) is 6.54 Å². The van der Waals surface area contributed by atoms with Gasteiger partial charge in [0.05, 0.1) is 16.4 Å². The molecule has 0 saturated heterocycles. The van der Waals surface area contributed by atoms with E-state index >= 15 is 0 Å². The van der Waals surface area contributed by atoms with Crippen LogP contribution in [0.4, 0.5) is 9.52 Å². The highest BCUT2D eigenvalue weighted by molar-refractivity contribution is 7.14. The van der Waals surface area contributed by atoms with Crippen LogP contribution in [0, 0.1) is 5.82 Å². The first-order chi connectivity index (χ1) is 15.5. The van der Waals surface area contributed by atoms with Gasteiger partial charge in [0.25, 0.3) is 5.69 Å². The minimum absolute atomic E-state index is 0.0472. The lowest BCUT2D eigenvalue weighted by Crippen LogP contribution is -2.35. The number of rotatable bonds is 5. The summed E-state index contributed by atoms with van der Waals surface area (Å²) in [5.74, 6) is -1.27. The summed E-state index contributed by atoms with van der Waals surface area (Å²) in [6, 6.07) is 11.4. The summed E-state index contributed by atoms with van der Waals surface area (Å²) in [5.41, 5.74) is 1.79. The maximum atomic E-state index is 13.9. The molecule has 0 spiro atoms. The highest BCUT2D eigenvalue weighted by Gasteiger charge is 2.25. The number of hydrogen-bond donors (Lipinski definition) is 2. The molecule has 0 radical (unpaired) electrons. The molecule has 5 aromatic rings. The van der Waals surface area contributed by atoms with Crippen LogP contribution >= 0.6 is 22.9 Å². The van der Waals surface area contributed by atoms with Crippen LogP contribution in [0.15, 0.2) is 58.6 Å². The molecule has 0 fully saturated rings. The van der Waals surface area contributed by atoms with Gasteiger partial charge in [0, 0.05) is 35.1 Å². The quantitative estimate of drug-likeness (QED) is 0.376. The van der Waals surface area contributed by atoms with Crippen molar-refractivity contribution in [1.29, 1.82) is 0 Å². The van der Waals surface area contributed by atoms with E-state index < -0.39 is 11.8 Å². The summed E-state index contributed by atoms with van der Waals surface area (Å²) in [7, 11) is 0. The molecule has 11 heteroatoms. The van der Waals surface area contributed by atoms with Gasteiger partial charge in [-0.25, -0.2) is 9.37 Å². The number of phenols is 1. The number of halogens is 2. The van der Waals surface area contributed by atoms with Crippen molar-refractivity contribution >= 4 is 39.0 Å². The number of benzene rings is 2. The number of pyridine rings is 1. The second-order valence-electron chi connectivity index (χ2n) is 6.76. The van der Waals surface area contributed by atoms with E-state index in [4.69, 9.17) is 16.1 Å². The van der Waals surface area contributed by atoms with Crippen molar-refractivity contribution in [2.45, 2.75) is 6.54 Å². The van der Waals surface area contributed by atoms with Crippen molar-refractivity contribution in [2.24, 2.45) is 0 Å². The summed E-state index contributed by atoms with van der Waals surface area (Å²) in [6.45, 7) is 0.293. The zero-order chi connectivity index (χ0) is 22.2. The summed E-state index contributed by atoms with van der Waals surface area (Å²) >= 11 is 6.99. The molecule has 3 aromatic heterocycles. The Bertz CT molecular complexity index is 1450. The smallest absolute Gasteiger partial charge is 0.289 e. The monoisotopic (exact) mass is 469 g/mol. The Morgan fingerprint density at radius 2 is 2.12 bits per heavy atom. The van der Waals surface area contributed by atoms with Gasteiger partial charge < -0.3 is 20.1 Å². The predicted octanol–water partition coefficient (Wildman–Crippen LogP) is 3.81. The molecule has 0 aliphatic carbocycles. The number of nitrogens with zero attached hydrogens (tertiary/aromatic N) is 4. The Morgan fingerprint density at radius 1 is 1.25 bits per heavy atom. The lowest BCUT2D eigenvalue weighted by molar-refractivity contribution is -0.660. The van der Waals surface area contributed by atoms with E-state index in [0.29, 0.717) is 28.5 Å². The molecule has 160 valence electrons. The highest BCUT2D eigenvalue weighted by Crippen LogP contribution is 2.30. The van der Waals surface area contributed by atoms with E-state index in [0.717, 1.165) is 11.5 Å². The third kappa shape index (κ3) is 3.59. The highest BCUT2D eigenvalue weighted by atomic mass is 35.5. The maximum Gasteiger partial charge on any atom is 0.289 e. The summed E-state index contributed by atoms with van der Waals surface area (Å²) in [4.78, 5) is 8.63. The van der Waals surface area contributed by atoms with E-state index in [2.05, 4.69) is 20.6 Å². The maximum absolute atomic E-state index is 13.9. The Morgan fingerprint density at radius 3 is 2.97 bits per heavy atom. The Kier molecular flexibility index (Phi) is 5.08. The number of phenolic OH excluding ortho intramolecular Hbond substituents is 1. The van der Waals surface area contributed by atoms with E-state index in [-0.39, 0.29) is 22.2 Å². The van der Waals surface area contributed by atoms with Crippen molar-refractivity contribution in [3.05, 3.63) is 70.4 Å². The second kappa shape index (κ2) is 8.06. The van der Waals surface area contributed by atoms with Crippen molar-refractivity contribution < 1.29 is 23.8 Å². The molecule has 32 heavy (non-hydrogen) atoms. The normalized spacial score (nSPS) is 11.2. The molecule has 0 saturated carbocycles. The number of fused-ring (bicyclic) bond motifs is 1. The van der Waals surface area contributed by atoms with E-state index in [1.807, 2.05) is 12.1 Å². The molecule has 0 amide bonds. The summed E-state index contributed by atoms with van der Waals surface area (Å²) in [6.07, 6.45) is 1.62. The third-order valence-corrected chi connectivity index (χ3v) is 5.87. The minimum atomic E-state index is -0.713. The van der Waals surface area contributed by atoms with Gasteiger partial charge in [0.2, 0.25) is 5.69 Å². The molecular weight excluding hydrogens is 457 g/mol. The lowest BCUT2D eigenvalue weighted by Gasteiger charge is -2.07. The molecule has 0 bridgehead atoms. The van der Waals surface area contributed by atoms with Crippen LogP contribution in [-0.4, -0.2) is 20.3 Å². The van der Waals surface area contributed by atoms with Crippen LogP contribution in [0.1, 0.15) is 5.56 Å². The predicted molar refractivity (Wildman–Crippen MR) is 114 cm³/mol. The molecule has 2 aromatic carbocycles. The molecule has 0 atom stereocenters. The largest absolute Gasteiger partial charge is 0.539 e. The summed E-state index contributed by atoms with van der Waals surface area (Å²) < 4.78 is 19.8.